The quantitative estimate of drug-likeness (QED) is 0.570. The van der Waals surface area contributed by atoms with Gasteiger partial charge in [0.2, 0.25) is 0 Å². The highest BCUT2D eigenvalue weighted by Gasteiger charge is 2.05. The van der Waals surface area contributed by atoms with E-state index in [1.807, 2.05) is 25.1 Å². The minimum atomic E-state index is 0.664. The molecule has 0 bridgehead atoms. The minimum absolute atomic E-state index is 0.664. The fourth-order valence-electron chi connectivity index (χ4n) is 2.28. The van der Waals surface area contributed by atoms with Gasteiger partial charge < -0.3 is 15.4 Å². The molecule has 0 saturated heterocycles. The van der Waals surface area contributed by atoms with Crippen molar-refractivity contribution in [3.8, 4) is 5.75 Å². The number of para-hydroxylation sites is 1. The van der Waals surface area contributed by atoms with Crippen LogP contribution in [0.3, 0.4) is 0 Å². The van der Waals surface area contributed by atoms with Crippen molar-refractivity contribution in [3.63, 3.8) is 0 Å². The van der Waals surface area contributed by atoms with E-state index in [1.54, 1.807) is 18.4 Å². The third kappa shape index (κ3) is 5.53. The van der Waals surface area contributed by atoms with E-state index in [0.717, 1.165) is 42.4 Å². The van der Waals surface area contributed by atoms with Gasteiger partial charge in [0.1, 0.15) is 5.75 Å². The van der Waals surface area contributed by atoms with E-state index in [4.69, 9.17) is 4.74 Å². The summed E-state index contributed by atoms with van der Waals surface area (Å²) in [6, 6.07) is 8.06. The van der Waals surface area contributed by atoms with E-state index in [0.29, 0.717) is 13.2 Å². The number of rotatable bonds is 8. The summed E-state index contributed by atoms with van der Waals surface area (Å²) in [5.74, 6) is 1.70. The lowest BCUT2D eigenvalue weighted by atomic mass is 10.2. The monoisotopic (exact) mass is 346 g/mol. The molecular weight excluding hydrogens is 320 g/mol. The number of aromatic nitrogens is 1. The maximum Gasteiger partial charge on any atom is 0.191 e. The Bertz CT molecular complexity index is 654. The zero-order valence-corrected chi connectivity index (χ0v) is 15.4. The van der Waals surface area contributed by atoms with Gasteiger partial charge in [-0.25, -0.2) is 4.98 Å². The summed E-state index contributed by atoms with van der Waals surface area (Å²) in [6.45, 7) is 6.27. The molecule has 0 spiro atoms. The first-order chi connectivity index (χ1) is 11.8. The first-order valence-corrected chi connectivity index (χ1v) is 9.23. The van der Waals surface area contributed by atoms with Crippen LogP contribution in [-0.4, -0.2) is 31.1 Å². The van der Waals surface area contributed by atoms with E-state index in [-0.39, 0.29) is 0 Å². The lowest BCUT2D eigenvalue weighted by molar-refractivity contribution is 0.336. The number of nitrogens with zero attached hydrogens (tertiary/aromatic N) is 2. The van der Waals surface area contributed by atoms with Gasteiger partial charge in [-0.1, -0.05) is 25.1 Å². The lowest BCUT2D eigenvalue weighted by Crippen LogP contribution is -2.38. The molecule has 1 aromatic carbocycles. The summed E-state index contributed by atoms with van der Waals surface area (Å²) in [5, 5.41) is 9.99. The second-order valence-electron chi connectivity index (χ2n) is 5.23. The lowest BCUT2D eigenvalue weighted by Gasteiger charge is -2.14. The van der Waals surface area contributed by atoms with Crippen LogP contribution in [0.1, 0.15) is 30.1 Å². The predicted octanol–water partition coefficient (Wildman–Crippen LogP) is 3.01. The molecule has 130 valence electrons. The molecule has 0 saturated carbocycles. The molecule has 0 aliphatic heterocycles. The molecule has 2 N–H and O–H groups in total. The Hall–Kier alpha value is -2.08. The summed E-state index contributed by atoms with van der Waals surface area (Å²) in [7, 11) is 1.78. The molecule has 24 heavy (non-hydrogen) atoms. The highest BCUT2D eigenvalue weighted by Crippen LogP contribution is 2.17. The van der Waals surface area contributed by atoms with Crippen molar-refractivity contribution in [1.29, 1.82) is 0 Å². The van der Waals surface area contributed by atoms with Gasteiger partial charge >= 0.3 is 0 Å². The molecular formula is C18H26N4OS. The molecule has 5 nitrogen and oxygen atoms in total. The van der Waals surface area contributed by atoms with Gasteiger partial charge in [-0.3, -0.25) is 4.99 Å². The Balaban J connectivity index is 1.80. The van der Waals surface area contributed by atoms with E-state index in [9.17, 15) is 0 Å². The number of hydrogen-bond donors (Lipinski definition) is 2. The van der Waals surface area contributed by atoms with E-state index in [1.165, 1.54) is 5.01 Å². The van der Waals surface area contributed by atoms with Crippen molar-refractivity contribution in [2.45, 2.75) is 33.2 Å². The molecule has 6 heteroatoms. The van der Waals surface area contributed by atoms with Gasteiger partial charge in [-0.05, 0) is 19.4 Å². The van der Waals surface area contributed by atoms with Crippen molar-refractivity contribution in [2.75, 3.05) is 20.2 Å². The Morgan fingerprint density at radius 1 is 1.25 bits per heavy atom. The van der Waals surface area contributed by atoms with Crippen LogP contribution >= 0.6 is 11.3 Å². The molecule has 2 aromatic rings. The fourth-order valence-corrected chi connectivity index (χ4v) is 3.06. The van der Waals surface area contributed by atoms with Gasteiger partial charge in [0.25, 0.3) is 0 Å². The Morgan fingerprint density at radius 2 is 2.08 bits per heavy atom. The van der Waals surface area contributed by atoms with Crippen LogP contribution in [0.25, 0.3) is 0 Å². The number of thiazole rings is 1. The van der Waals surface area contributed by atoms with Crippen LogP contribution < -0.4 is 15.4 Å². The predicted molar refractivity (Wildman–Crippen MR) is 101 cm³/mol. The Kier molecular flexibility index (Phi) is 7.55. The number of aryl methyl sites for hydroxylation is 1. The van der Waals surface area contributed by atoms with Gasteiger partial charge in [0.15, 0.2) is 5.96 Å². The first-order valence-electron chi connectivity index (χ1n) is 8.35. The molecule has 2 rings (SSSR count). The van der Waals surface area contributed by atoms with Crippen molar-refractivity contribution in [3.05, 3.63) is 45.9 Å². The Morgan fingerprint density at radius 3 is 2.79 bits per heavy atom. The number of hydrogen-bond acceptors (Lipinski definition) is 4. The van der Waals surface area contributed by atoms with Gasteiger partial charge in [-0.2, -0.15) is 0 Å². The molecule has 1 aromatic heterocycles. The smallest absolute Gasteiger partial charge is 0.191 e. The molecule has 0 fully saturated rings. The van der Waals surface area contributed by atoms with Crippen LogP contribution in [0.5, 0.6) is 5.75 Å². The average molecular weight is 347 g/mol. The van der Waals surface area contributed by atoms with Crippen LogP contribution in [-0.2, 0) is 19.4 Å². The highest BCUT2D eigenvalue weighted by atomic mass is 32.1. The van der Waals surface area contributed by atoms with Crippen LogP contribution in [0.15, 0.2) is 34.6 Å². The van der Waals surface area contributed by atoms with Gasteiger partial charge in [-0.15, -0.1) is 11.3 Å². The standard InChI is InChI=1S/C18H26N4OS/c1-4-17-22-15(13-24-17)10-11-20-18(19-3)21-12-14-8-6-7-9-16(14)23-5-2/h6-9,13H,4-5,10-12H2,1-3H3,(H2,19,20,21). The van der Waals surface area contributed by atoms with Crippen LogP contribution in [0.4, 0.5) is 0 Å². The maximum absolute atomic E-state index is 5.65. The van der Waals surface area contributed by atoms with Crippen LogP contribution in [0.2, 0.25) is 0 Å². The summed E-state index contributed by atoms with van der Waals surface area (Å²) >= 11 is 1.73. The SMILES string of the molecule is CCOc1ccccc1CNC(=NC)NCCc1csc(CC)n1. The zero-order chi connectivity index (χ0) is 17.2. The fraction of sp³-hybridized carbons (Fsp3) is 0.444. The zero-order valence-electron chi connectivity index (χ0n) is 14.6. The molecule has 1 heterocycles. The third-order valence-corrected chi connectivity index (χ3v) is 4.56. The molecule has 0 aliphatic rings. The molecule has 0 amide bonds. The molecule has 0 unspecified atom stereocenters. The normalized spacial score (nSPS) is 11.4. The second kappa shape index (κ2) is 9.93. The highest BCUT2D eigenvalue weighted by molar-refractivity contribution is 7.09. The molecule has 0 atom stereocenters. The molecule has 0 aliphatic carbocycles. The van der Waals surface area contributed by atoms with E-state index in [2.05, 4.69) is 39.0 Å². The number of ether oxygens (including phenoxy) is 1. The Labute approximate surface area is 148 Å². The van der Waals surface area contributed by atoms with E-state index < -0.39 is 0 Å². The number of aliphatic imine (C=N–C) groups is 1. The minimum Gasteiger partial charge on any atom is -0.494 e. The van der Waals surface area contributed by atoms with Crippen molar-refractivity contribution in [2.24, 2.45) is 4.99 Å². The summed E-state index contributed by atoms with van der Waals surface area (Å²) in [6.07, 6.45) is 1.90. The first kappa shape index (κ1) is 18.3. The van der Waals surface area contributed by atoms with E-state index >= 15 is 0 Å². The number of guanidine groups is 1. The third-order valence-electron chi connectivity index (χ3n) is 3.52. The molecule has 0 radical (unpaired) electrons. The summed E-state index contributed by atoms with van der Waals surface area (Å²) in [5.41, 5.74) is 2.26. The summed E-state index contributed by atoms with van der Waals surface area (Å²) < 4.78 is 5.65. The average Bonchev–Trinajstić information content (AvgIpc) is 3.07. The van der Waals surface area contributed by atoms with Crippen molar-refractivity contribution in [1.82, 2.24) is 15.6 Å². The van der Waals surface area contributed by atoms with Crippen LogP contribution in [0, 0.1) is 0 Å². The maximum atomic E-state index is 5.65. The summed E-state index contributed by atoms with van der Waals surface area (Å²) in [4.78, 5) is 8.85. The van der Waals surface area contributed by atoms with Crippen molar-refractivity contribution >= 4 is 17.3 Å². The van der Waals surface area contributed by atoms with Gasteiger partial charge in [0, 0.05) is 37.5 Å². The second-order valence-corrected chi connectivity index (χ2v) is 6.17. The number of nitrogens with one attached hydrogen (secondary N) is 2. The largest absolute Gasteiger partial charge is 0.494 e. The van der Waals surface area contributed by atoms with Crippen molar-refractivity contribution < 1.29 is 4.74 Å². The topological polar surface area (TPSA) is 58.5 Å². The number of benzene rings is 1. The van der Waals surface area contributed by atoms with Gasteiger partial charge in [0.05, 0.1) is 17.3 Å².